The molecular weight excluding hydrogens is 154 g/mol. The maximum Gasteiger partial charge on any atom is 0.317 e. The Morgan fingerprint density at radius 1 is 1.58 bits per heavy atom. The zero-order chi connectivity index (χ0) is 9.68. The molecule has 1 aliphatic rings. The van der Waals surface area contributed by atoms with Crippen LogP contribution in [0.15, 0.2) is 0 Å². The smallest absolute Gasteiger partial charge is 0.317 e. The molecule has 0 atom stereocenters. The first kappa shape index (κ1) is 8.05. The van der Waals surface area contributed by atoms with E-state index in [-0.39, 0.29) is 13.6 Å². The summed E-state index contributed by atoms with van der Waals surface area (Å²) in [5.41, 5.74) is 0. The zero-order valence-electron chi connectivity index (χ0n) is 8.33. The molecule has 1 rings (SSSR count). The minimum absolute atomic E-state index is 0.0220. The molecule has 0 spiro atoms. The second-order valence-electron chi connectivity index (χ2n) is 3.43. The quantitative estimate of drug-likeness (QED) is 0.698. The van der Waals surface area contributed by atoms with Crippen LogP contribution in [0.4, 0.5) is 0 Å². The van der Waals surface area contributed by atoms with Crippen molar-refractivity contribution >= 4 is 5.97 Å². The summed E-state index contributed by atoms with van der Waals surface area (Å²) in [5.74, 6) is -0.821. The average Bonchev–Trinajstić information content (AvgIpc) is 2.15. The standard InChI is InChI=1S/C9H17NO2/c1-10(7-9(11)12)8-5-3-2-4-6-8/h8H,2-7H2,1H3,(H,11,12)/i1D. The van der Waals surface area contributed by atoms with Gasteiger partial charge < -0.3 is 5.11 Å². The van der Waals surface area contributed by atoms with Gasteiger partial charge in [0.05, 0.1) is 6.54 Å². The van der Waals surface area contributed by atoms with E-state index in [0.717, 1.165) is 12.8 Å². The van der Waals surface area contributed by atoms with Crippen LogP contribution in [0.3, 0.4) is 0 Å². The molecule has 0 heterocycles. The number of rotatable bonds is 3. The fraction of sp³-hybridized carbons (Fsp3) is 0.889. The van der Waals surface area contributed by atoms with Gasteiger partial charge in [-0.1, -0.05) is 19.3 Å². The van der Waals surface area contributed by atoms with E-state index in [1.165, 1.54) is 19.3 Å². The number of likely N-dealkylation sites (N-methyl/N-ethyl adjacent to an activating group) is 1. The van der Waals surface area contributed by atoms with Gasteiger partial charge in [0.1, 0.15) is 0 Å². The van der Waals surface area contributed by atoms with Crippen LogP contribution in [-0.2, 0) is 4.79 Å². The van der Waals surface area contributed by atoms with Crippen molar-refractivity contribution in [3.8, 4) is 0 Å². The number of aliphatic carboxylic acids is 1. The van der Waals surface area contributed by atoms with Gasteiger partial charge in [-0.3, -0.25) is 9.69 Å². The van der Waals surface area contributed by atoms with Gasteiger partial charge in [0.2, 0.25) is 0 Å². The SMILES string of the molecule is [2H]CN(CC(=O)O)C1CCCCC1. The first-order valence-corrected chi connectivity index (χ1v) is 4.49. The van der Waals surface area contributed by atoms with Gasteiger partial charge in [-0.15, -0.1) is 0 Å². The lowest BCUT2D eigenvalue weighted by molar-refractivity contribution is -0.138. The third-order valence-corrected chi connectivity index (χ3v) is 2.43. The molecule has 3 heteroatoms. The molecule has 0 bridgehead atoms. The summed E-state index contributed by atoms with van der Waals surface area (Å²) in [6, 6.07) is 0.336. The number of carboxylic acid groups (broad SMARTS) is 1. The molecule has 1 aliphatic carbocycles. The molecule has 3 nitrogen and oxygen atoms in total. The maximum absolute atomic E-state index is 10.5. The lowest BCUT2D eigenvalue weighted by Gasteiger charge is -2.29. The molecule has 70 valence electrons. The Morgan fingerprint density at radius 3 is 2.75 bits per heavy atom. The van der Waals surface area contributed by atoms with E-state index in [1.807, 2.05) is 0 Å². The average molecular weight is 172 g/mol. The van der Waals surface area contributed by atoms with Crippen molar-refractivity contribution in [1.82, 2.24) is 4.90 Å². The van der Waals surface area contributed by atoms with Crippen molar-refractivity contribution in [2.45, 2.75) is 38.1 Å². The highest BCUT2D eigenvalue weighted by atomic mass is 16.4. The van der Waals surface area contributed by atoms with Crippen molar-refractivity contribution in [2.75, 3.05) is 13.6 Å². The predicted octanol–water partition coefficient (Wildman–Crippen LogP) is 1.34. The van der Waals surface area contributed by atoms with E-state index in [4.69, 9.17) is 6.48 Å². The Bertz CT molecular complexity index is 169. The van der Waals surface area contributed by atoms with Crippen LogP contribution in [0.1, 0.15) is 33.5 Å². The van der Waals surface area contributed by atoms with Gasteiger partial charge in [0, 0.05) is 7.41 Å². The Kier molecular flexibility index (Phi) is 2.99. The van der Waals surface area contributed by atoms with Crippen molar-refractivity contribution in [2.24, 2.45) is 0 Å². The molecule has 0 amide bonds. The van der Waals surface area contributed by atoms with Gasteiger partial charge in [0.25, 0.3) is 0 Å². The normalized spacial score (nSPS) is 20.9. The molecule has 1 saturated carbocycles. The van der Waals surface area contributed by atoms with Gasteiger partial charge in [0.15, 0.2) is 0 Å². The fourth-order valence-corrected chi connectivity index (χ4v) is 1.75. The number of carboxylic acids is 1. The molecule has 0 aromatic carbocycles. The Morgan fingerprint density at radius 2 is 2.25 bits per heavy atom. The minimum Gasteiger partial charge on any atom is -0.480 e. The molecule has 1 N–H and O–H groups in total. The van der Waals surface area contributed by atoms with Crippen molar-refractivity contribution < 1.29 is 11.3 Å². The highest BCUT2D eigenvalue weighted by molar-refractivity contribution is 5.69. The highest BCUT2D eigenvalue weighted by Gasteiger charge is 2.18. The molecule has 0 aromatic heterocycles. The van der Waals surface area contributed by atoms with E-state index in [9.17, 15) is 4.79 Å². The summed E-state index contributed by atoms with van der Waals surface area (Å²) in [6.07, 6.45) is 5.75. The number of carbonyl (C=O) groups is 1. The van der Waals surface area contributed by atoms with E-state index in [2.05, 4.69) is 0 Å². The summed E-state index contributed by atoms with van der Waals surface area (Å²) in [4.78, 5) is 12.2. The monoisotopic (exact) mass is 172 g/mol. The Labute approximate surface area is 74.8 Å². The van der Waals surface area contributed by atoms with Crippen LogP contribution in [0.5, 0.6) is 0 Å². The van der Waals surface area contributed by atoms with Crippen LogP contribution in [0, 0.1) is 0 Å². The zero-order valence-corrected chi connectivity index (χ0v) is 7.33. The van der Waals surface area contributed by atoms with E-state index >= 15 is 0 Å². The van der Waals surface area contributed by atoms with Crippen molar-refractivity contribution in [3.63, 3.8) is 0 Å². The number of nitrogens with zero attached hydrogens (tertiary/aromatic N) is 1. The van der Waals surface area contributed by atoms with Crippen LogP contribution in [-0.4, -0.2) is 35.6 Å². The summed E-state index contributed by atoms with van der Waals surface area (Å²) in [6.45, 7) is 0.0220. The van der Waals surface area contributed by atoms with Gasteiger partial charge >= 0.3 is 5.97 Å². The van der Waals surface area contributed by atoms with Crippen LogP contribution >= 0.6 is 0 Å². The topological polar surface area (TPSA) is 40.5 Å². The predicted molar refractivity (Wildman–Crippen MR) is 47.1 cm³/mol. The largest absolute Gasteiger partial charge is 0.480 e. The lowest BCUT2D eigenvalue weighted by atomic mass is 9.94. The molecule has 0 aromatic rings. The van der Waals surface area contributed by atoms with Gasteiger partial charge in [-0.05, 0) is 19.9 Å². The van der Waals surface area contributed by atoms with Crippen LogP contribution in [0.2, 0.25) is 0 Å². The molecular formula is C9H17NO2. The first-order valence-electron chi connectivity index (χ1n) is 5.20. The highest BCUT2D eigenvalue weighted by Crippen LogP contribution is 2.21. The third kappa shape index (κ3) is 2.81. The van der Waals surface area contributed by atoms with Crippen molar-refractivity contribution in [1.29, 1.82) is 0 Å². The first-order chi connectivity index (χ1) is 6.24. The maximum atomic E-state index is 10.5. The lowest BCUT2D eigenvalue weighted by Crippen LogP contribution is -2.37. The molecule has 0 unspecified atom stereocenters. The molecule has 0 saturated heterocycles. The molecule has 1 fully saturated rings. The van der Waals surface area contributed by atoms with E-state index in [1.54, 1.807) is 4.90 Å². The third-order valence-electron chi connectivity index (χ3n) is 2.43. The van der Waals surface area contributed by atoms with Crippen molar-refractivity contribution in [3.05, 3.63) is 0 Å². The number of hydrogen-bond donors (Lipinski definition) is 1. The second kappa shape index (κ2) is 4.45. The summed E-state index contributed by atoms with van der Waals surface area (Å²) in [7, 11) is 0.108. The summed E-state index contributed by atoms with van der Waals surface area (Å²) in [5, 5.41) is 8.62. The van der Waals surface area contributed by atoms with E-state index < -0.39 is 5.97 Å². The van der Waals surface area contributed by atoms with Gasteiger partial charge in [-0.2, -0.15) is 0 Å². The van der Waals surface area contributed by atoms with Crippen LogP contribution in [0.25, 0.3) is 0 Å². The minimum atomic E-state index is -0.821. The Hall–Kier alpha value is -0.570. The van der Waals surface area contributed by atoms with Crippen LogP contribution < -0.4 is 0 Å². The second-order valence-corrected chi connectivity index (χ2v) is 3.43. The molecule has 0 aliphatic heterocycles. The summed E-state index contributed by atoms with van der Waals surface area (Å²) >= 11 is 0. The molecule has 12 heavy (non-hydrogen) atoms. The number of hydrogen-bond acceptors (Lipinski definition) is 2. The Balaban J connectivity index is 2.39. The molecule has 0 radical (unpaired) electrons. The van der Waals surface area contributed by atoms with Gasteiger partial charge in [-0.25, -0.2) is 0 Å². The fourth-order valence-electron chi connectivity index (χ4n) is 1.75. The van der Waals surface area contributed by atoms with E-state index in [0.29, 0.717) is 6.04 Å². The summed E-state index contributed by atoms with van der Waals surface area (Å²) < 4.78 is 7.25.